The number of aliphatic carboxylic acids is 1. The molecule has 1 N–H and O–H groups in total. The van der Waals surface area contributed by atoms with E-state index in [-0.39, 0.29) is 12.3 Å². The molecule has 1 aliphatic rings. The van der Waals surface area contributed by atoms with Crippen molar-refractivity contribution in [3.05, 3.63) is 29.7 Å². The highest BCUT2D eigenvalue weighted by molar-refractivity contribution is 5.67. The van der Waals surface area contributed by atoms with Crippen LogP contribution in [0.2, 0.25) is 0 Å². The Bertz CT molecular complexity index is 665. The van der Waals surface area contributed by atoms with Crippen LogP contribution in [0.4, 0.5) is 0 Å². The van der Waals surface area contributed by atoms with Gasteiger partial charge in [0.15, 0.2) is 0 Å². The minimum Gasteiger partial charge on any atom is -0.493 e. The number of carbonyl (C=O) groups is 1. The molecule has 110 valence electrons. The second-order valence-corrected chi connectivity index (χ2v) is 5.33. The molecule has 0 aliphatic carbocycles. The first-order valence-corrected chi connectivity index (χ1v) is 6.92. The fraction of sp³-hybridized carbons (Fsp3) is 0.400. The van der Waals surface area contributed by atoms with E-state index in [0.717, 1.165) is 23.3 Å². The molecule has 0 saturated heterocycles. The molecule has 6 heteroatoms. The summed E-state index contributed by atoms with van der Waals surface area (Å²) in [6, 6.07) is 5.80. The Kier molecular flexibility index (Phi) is 3.60. The number of hydrogen-bond donors (Lipinski definition) is 1. The van der Waals surface area contributed by atoms with Crippen LogP contribution in [0.1, 0.15) is 24.8 Å². The van der Waals surface area contributed by atoms with Gasteiger partial charge in [0.25, 0.3) is 0 Å². The molecule has 1 atom stereocenters. The third-order valence-electron chi connectivity index (χ3n) is 3.45. The van der Waals surface area contributed by atoms with E-state index in [2.05, 4.69) is 10.2 Å². The van der Waals surface area contributed by atoms with E-state index in [0.29, 0.717) is 24.8 Å². The molecule has 0 radical (unpaired) electrons. The van der Waals surface area contributed by atoms with E-state index >= 15 is 0 Å². The summed E-state index contributed by atoms with van der Waals surface area (Å²) in [4.78, 5) is 10.7. The first-order valence-electron chi connectivity index (χ1n) is 6.92. The summed E-state index contributed by atoms with van der Waals surface area (Å²) in [5.74, 6) is 0.983. The molecule has 1 unspecified atom stereocenters. The molecular formula is C15H16N2O4. The maximum atomic E-state index is 10.7. The Morgan fingerprint density at radius 1 is 1.43 bits per heavy atom. The van der Waals surface area contributed by atoms with Gasteiger partial charge in [0, 0.05) is 24.8 Å². The normalized spacial score (nSPS) is 14.5. The first kappa shape index (κ1) is 13.6. The van der Waals surface area contributed by atoms with Gasteiger partial charge in [0.05, 0.1) is 6.61 Å². The van der Waals surface area contributed by atoms with Crippen LogP contribution in [0.3, 0.4) is 0 Å². The van der Waals surface area contributed by atoms with Crippen LogP contribution in [0, 0.1) is 5.92 Å². The van der Waals surface area contributed by atoms with Crippen LogP contribution in [0.15, 0.2) is 22.6 Å². The van der Waals surface area contributed by atoms with E-state index in [9.17, 15) is 4.79 Å². The van der Waals surface area contributed by atoms with E-state index in [1.165, 1.54) is 0 Å². The van der Waals surface area contributed by atoms with E-state index < -0.39 is 5.97 Å². The van der Waals surface area contributed by atoms with E-state index in [1.54, 1.807) is 0 Å². The van der Waals surface area contributed by atoms with Gasteiger partial charge in [-0.1, -0.05) is 6.92 Å². The van der Waals surface area contributed by atoms with Gasteiger partial charge in [-0.25, -0.2) is 0 Å². The van der Waals surface area contributed by atoms with Crippen molar-refractivity contribution in [3.63, 3.8) is 0 Å². The standard InChI is InChI=1S/C15H16N2O4/c1-9(7-14(18)19)6-13-16-17-15(21-13)11-2-3-12-10(8-11)4-5-20-12/h2-3,8-9H,4-7H2,1H3,(H,18,19). The number of fused-ring (bicyclic) bond motifs is 1. The number of ether oxygens (including phenoxy) is 1. The molecule has 2 aromatic rings. The molecule has 0 spiro atoms. The molecule has 0 amide bonds. The summed E-state index contributed by atoms with van der Waals surface area (Å²) >= 11 is 0. The summed E-state index contributed by atoms with van der Waals surface area (Å²) in [6.45, 7) is 2.56. The fourth-order valence-electron chi connectivity index (χ4n) is 2.44. The summed E-state index contributed by atoms with van der Waals surface area (Å²) < 4.78 is 11.1. The lowest BCUT2D eigenvalue weighted by Gasteiger charge is -2.03. The number of benzene rings is 1. The Morgan fingerprint density at radius 2 is 2.29 bits per heavy atom. The molecule has 0 bridgehead atoms. The highest BCUT2D eigenvalue weighted by Crippen LogP contribution is 2.30. The number of nitrogens with zero attached hydrogens (tertiary/aromatic N) is 2. The van der Waals surface area contributed by atoms with E-state index in [4.69, 9.17) is 14.3 Å². The molecule has 1 aromatic carbocycles. The Labute approximate surface area is 121 Å². The van der Waals surface area contributed by atoms with Gasteiger partial charge in [-0.15, -0.1) is 10.2 Å². The van der Waals surface area contributed by atoms with Crippen molar-refractivity contribution < 1.29 is 19.1 Å². The Morgan fingerprint density at radius 3 is 3.10 bits per heavy atom. The number of rotatable bonds is 5. The maximum Gasteiger partial charge on any atom is 0.303 e. The van der Waals surface area contributed by atoms with Gasteiger partial charge < -0.3 is 14.3 Å². The Balaban J connectivity index is 1.74. The third kappa shape index (κ3) is 3.04. The predicted octanol–water partition coefficient (Wildman–Crippen LogP) is 2.32. The van der Waals surface area contributed by atoms with Crippen LogP contribution in [-0.4, -0.2) is 27.9 Å². The van der Waals surface area contributed by atoms with Gasteiger partial charge in [0.2, 0.25) is 11.8 Å². The molecule has 3 rings (SSSR count). The monoisotopic (exact) mass is 288 g/mol. The quantitative estimate of drug-likeness (QED) is 0.908. The SMILES string of the molecule is CC(CC(=O)O)Cc1nnc(-c2ccc3c(c2)CCO3)o1. The van der Waals surface area contributed by atoms with Crippen LogP contribution in [0.5, 0.6) is 5.75 Å². The molecule has 0 saturated carbocycles. The minimum absolute atomic E-state index is 0.0378. The van der Waals surface area contributed by atoms with Crippen molar-refractivity contribution in [1.82, 2.24) is 10.2 Å². The van der Waals surface area contributed by atoms with Gasteiger partial charge >= 0.3 is 5.97 Å². The van der Waals surface area contributed by atoms with Gasteiger partial charge in [-0.2, -0.15) is 0 Å². The average Bonchev–Trinajstić information content (AvgIpc) is 3.04. The lowest BCUT2D eigenvalue weighted by molar-refractivity contribution is -0.137. The summed E-state index contributed by atoms with van der Waals surface area (Å²) in [6.07, 6.45) is 1.45. The molecule has 1 aromatic heterocycles. The fourth-order valence-corrected chi connectivity index (χ4v) is 2.44. The highest BCUT2D eigenvalue weighted by atomic mass is 16.5. The molecule has 21 heavy (non-hydrogen) atoms. The first-order chi connectivity index (χ1) is 10.1. The third-order valence-corrected chi connectivity index (χ3v) is 3.45. The topological polar surface area (TPSA) is 85.5 Å². The van der Waals surface area contributed by atoms with Crippen molar-refractivity contribution in [2.75, 3.05) is 6.61 Å². The lowest BCUT2D eigenvalue weighted by atomic mass is 10.0. The largest absolute Gasteiger partial charge is 0.493 e. The van der Waals surface area contributed by atoms with Crippen molar-refractivity contribution >= 4 is 5.97 Å². The summed E-state index contributed by atoms with van der Waals surface area (Å²) in [5.41, 5.74) is 2.01. The van der Waals surface area contributed by atoms with Crippen LogP contribution in [0.25, 0.3) is 11.5 Å². The second-order valence-electron chi connectivity index (χ2n) is 5.33. The summed E-state index contributed by atoms with van der Waals surface area (Å²) in [5, 5.41) is 16.8. The van der Waals surface area contributed by atoms with Crippen molar-refractivity contribution in [3.8, 4) is 17.2 Å². The molecule has 2 heterocycles. The molecular weight excluding hydrogens is 272 g/mol. The zero-order chi connectivity index (χ0) is 14.8. The molecule has 0 fully saturated rings. The second kappa shape index (κ2) is 5.55. The minimum atomic E-state index is -0.819. The van der Waals surface area contributed by atoms with E-state index in [1.807, 2.05) is 25.1 Å². The number of aromatic nitrogens is 2. The zero-order valence-electron chi connectivity index (χ0n) is 11.7. The molecule has 6 nitrogen and oxygen atoms in total. The zero-order valence-corrected chi connectivity index (χ0v) is 11.7. The highest BCUT2D eigenvalue weighted by Gasteiger charge is 2.17. The number of hydrogen-bond acceptors (Lipinski definition) is 5. The van der Waals surface area contributed by atoms with Gasteiger partial charge in [-0.3, -0.25) is 4.79 Å². The maximum absolute atomic E-state index is 10.7. The van der Waals surface area contributed by atoms with Crippen LogP contribution in [-0.2, 0) is 17.6 Å². The number of carboxylic acid groups (broad SMARTS) is 1. The van der Waals surface area contributed by atoms with Crippen molar-refractivity contribution in [2.45, 2.75) is 26.2 Å². The van der Waals surface area contributed by atoms with Crippen molar-refractivity contribution in [2.24, 2.45) is 5.92 Å². The smallest absolute Gasteiger partial charge is 0.303 e. The lowest BCUT2D eigenvalue weighted by Crippen LogP contribution is -2.07. The summed E-state index contributed by atoms with van der Waals surface area (Å²) in [7, 11) is 0. The molecule has 1 aliphatic heterocycles. The average molecular weight is 288 g/mol. The van der Waals surface area contributed by atoms with Crippen LogP contribution < -0.4 is 4.74 Å². The predicted molar refractivity (Wildman–Crippen MR) is 74.1 cm³/mol. The van der Waals surface area contributed by atoms with Crippen LogP contribution >= 0.6 is 0 Å². The van der Waals surface area contributed by atoms with Crippen molar-refractivity contribution in [1.29, 1.82) is 0 Å². The van der Waals surface area contributed by atoms with Gasteiger partial charge in [0.1, 0.15) is 5.75 Å². The Hall–Kier alpha value is -2.37. The van der Waals surface area contributed by atoms with Gasteiger partial charge in [-0.05, 0) is 29.7 Å². The number of carboxylic acids is 1.